The molecule has 6 nitrogen and oxygen atoms in total. The lowest BCUT2D eigenvalue weighted by Crippen LogP contribution is -2.25. The molecule has 0 amide bonds. The van der Waals surface area contributed by atoms with Crippen molar-refractivity contribution < 1.29 is 14.1 Å². The van der Waals surface area contributed by atoms with E-state index in [1.54, 1.807) is 6.92 Å². The minimum Gasteiger partial charge on any atom is -0.466 e. The number of likely N-dealkylation sites (N-methyl/N-ethyl adjacent to an activating group) is 1. The van der Waals surface area contributed by atoms with Crippen molar-refractivity contribution in [2.75, 3.05) is 26.2 Å². The number of esters is 1. The Balaban J connectivity index is 2.40. The fraction of sp³-hybridized carbons (Fsp3) is 0.750. The van der Waals surface area contributed by atoms with E-state index in [4.69, 9.17) is 9.26 Å². The Morgan fingerprint density at radius 1 is 1.33 bits per heavy atom. The van der Waals surface area contributed by atoms with Gasteiger partial charge in [0.2, 0.25) is 5.89 Å². The Morgan fingerprint density at radius 3 is 2.67 bits per heavy atom. The number of nitrogens with zero attached hydrogens (tertiary/aromatic N) is 3. The average molecular weight is 255 g/mol. The second-order valence-electron chi connectivity index (χ2n) is 3.86. The first-order valence-corrected chi connectivity index (χ1v) is 6.39. The first-order chi connectivity index (χ1) is 8.69. The molecule has 0 aliphatic rings. The molecule has 0 aliphatic carbocycles. The number of hydrogen-bond donors (Lipinski definition) is 0. The molecular weight excluding hydrogens is 234 g/mol. The van der Waals surface area contributed by atoms with Gasteiger partial charge in [-0.1, -0.05) is 19.0 Å². The van der Waals surface area contributed by atoms with Crippen molar-refractivity contribution in [1.29, 1.82) is 0 Å². The summed E-state index contributed by atoms with van der Waals surface area (Å²) in [5, 5.41) is 3.85. The predicted molar refractivity (Wildman–Crippen MR) is 66.1 cm³/mol. The predicted octanol–water partition coefficient (Wildman–Crippen LogP) is 1.06. The zero-order valence-electron chi connectivity index (χ0n) is 11.3. The van der Waals surface area contributed by atoms with Crippen LogP contribution in [0.1, 0.15) is 32.5 Å². The SMILES string of the molecule is CCOC(=O)Cc1nc(CCN(CC)CC)no1. The third-order valence-corrected chi connectivity index (χ3v) is 2.66. The summed E-state index contributed by atoms with van der Waals surface area (Å²) in [6.45, 7) is 9.26. The molecule has 1 aromatic heterocycles. The molecule has 0 radical (unpaired) electrons. The van der Waals surface area contributed by atoms with Crippen molar-refractivity contribution in [1.82, 2.24) is 15.0 Å². The van der Waals surface area contributed by atoms with Gasteiger partial charge in [0, 0.05) is 13.0 Å². The maximum absolute atomic E-state index is 11.2. The number of aromatic nitrogens is 2. The number of carbonyl (C=O) groups is 1. The van der Waals surface area contributed by atoms with Crippen LogP contribution in [-0.4, -0.2) is 47.3 Å². The topological polar surface area (TPSA) is 68.5 Å². The van der Waals surface area contributed by atoms with Crippen molar-refractivity contribution >= 4 is 5.97 Å². The van der Waals surface area contributed by atoms with Crippen molar-refractivity contribution in [3.8, 4) is 0 Å². The minimum absolute atomic E-state index is 0.0477. The van der Waals surface area contributed by atoms with Crippen LogP contribution in [0.15, 0.2) is 4.52 Å². The Bertz CT molecular complexity index is 361. The monoisotopic (exact) mass is 255 g/mol. The van der Waals surface area contributed by atoms with E-state index in [-0.39, 0.29) is 12.4 Å². The van der Waals surface area contributed by atoms with Crippen LogP contribution >= 0.6 is 0 Å². The quantitative estimate of drug-likeness (QED) is 0.647. The lowest BCUT2D eigenvalue weighted by molar-refractivity contribution is -0.142. The smallest absolute Gasteiger partial charge is 0.315 e. The standard InChI is InChI=1S/C12H21N3O3/c1-4-15(5-2)8-7-10-13-11(18-14-10)9-12(16)17-6-3/h4-9H2,1-3H3. The highest BCUT2D eigenvalue weighted by atomic mass is 16.5. The molecule has 1 heterocycles. The van der Waals surface area contributed by atoms with E-state index in [0.29, 0.717) is 18.3 Å². The van der Waals surface area contributed by atoms with Crippen LogP contribution in [-0.2, 0) is 22.4 Å². The van der Waals surface area contributed by atoms with E-state index in [1.165, 1.54) is 0 Å². The minimum atomic E-state index is -0.337. The first-order valence-electron chi connectivity index (χ1n) is 6.39. The Morgan fingerprint density at radius 2 is 2.06 bits per heavy atom. The van der Waals surface area contributed by atoms with Gasteiger partial charge < -0.3 is 14.2 Å². The van der Waals surface area contributed by atoms with Crippen molar-refractivity contribution in [2.24, 2.45) is 0 Å². The third kappa shape index (κ3) is 4.83. The van der Waals surface area contributed by atoms with Crippen LogP contribution in [0.25, 0.3) is 0 Å². The zero-order valence-corrected chi connectivity index (χ0v) is 11.3. The Labute approximate surface area is 107 Å². The van der Waals surface area contributed by atoms with Crippen LogP contribution in [0.2, 0.25) is 0 Å². The molecule has 0 aliphatic heterocycles. The van der Waals surface area contributed by atoms with E-state index in [1.807, 2.05) is 0 Å². The van der Waals surface area contributed by atoms with Crippen molar-refractivity contribution in [3.63, 3.8) is 0 Å². The average Bonchev–Trinajstić information content (AvgIpc) is 2.78. The van der Waals surface area contributed by atoms with Gasteiger partial charge in [0.15, 0.2) is 5.82 Å². The van der Waals surface area contributed by atoms with E-state index in [2.05, 4.69) is 28.9 Å². The van der Waals surface area contributed by atoms with Gasteiger partial charge in [0.25, 0.3) is 0 Å². The van der Waals surface area contributed by atoms with Gasteiger partial charge in [0.1, 0.15) is 6.42 Å². The molecule has 0 bridgehead atoms. The second-order valence-corrected chi connectivity index (χ2v) is 3.86. The van der Waals surface area contributed by atoms with Gasteiger partial charge in [-0.3, -0.25) is 4.79 Å². The maximum Gasteiger partial charge on any atom is 0.315 e. The first kappa shape index (κ1) is 14.6. The molecule has 18 heavy (non-hydrogen) atoms. The summed E-state index contributed by atoms with van der Waals surface area (Å²) in [5.74, 6) is 0.626. The molecule has 0 unspecified atom stereocenters. The summed E-state index contributed by atoms with van der Waals surface area (Å²) in [4.78, 5) is 17.7. The molecule has 0 spiro atoms. The van der Waals surface area contributed by atoms with Crippen LogP contribution in [0, 0.1) is 0 Å². The van der Waals surface area contributed by atoms with E-state index >= 15 is 0 Å². The van der Waals surface area contributed by atoms with Gasteiger partial charge in [-0.15, -0.1) is 0 Å². The summed E-state index contributed by atoms with van der Waals surface area (Å²) in [7, 11) is 0. The highest BCUT2D eigenvalue weighted by Crippen LogP contribution is 2.01. The van der Waals surface area contributed by atoms with Crippen LogP contribution in [0.4, 0.5) is 0 Å². The molecule has 0 saturated heterocycles. The summed E-state index contributed by atoms with van der Waals surface area (Å²) >= 11 is 0. The normalized spacial score (nSPS) is 10.9. The van der Waals surface area contributed by atoms with E-state index in [9.17, 15) is 4.79 Å². The zero-order chi connectivity index (χ0) is 13.4. The summed E-state index contributed by atoms with van der Waals surface area (Å²) < 4.78 is 9.81. The third-order valence-electron chi connectivity index (χ3n) is 2.66. The number of carbonyl (C=O) groups excluding carboxylic acids is 1. The van der Waals surface area contributed by atoms with Crippen LogP contribution < -0.4 is 0 Å². The summed E-state index contributed by atoms with van der Waals surface area (Å²) in [6, 6.07) is 0. The lowest BCUT2D eigenvalue weighted by Gasteiger charge is -2.16. The summed E-state index contributed by atoms with van der Waals surface area (Å²) in [6.07, 6.45) is 0.778. The molecule has 102 valence electrons. The highest BCUT2D eigenvalue weighted by Gasteiger charge is 2.12. The van der Waals surface area contributed by atoms with Crippen LogP contribution in [0.5, 0.6) is 0 Å². The fourth-order valence-corrected chi connectivity index (χ4v) is 1.60. The second kappa shape index (κ2) is 7.81. The molecule has 0 fully saturated rings. The Hall–Kier alpha value is -1.43. The Kier molecular flexibility index (Phi) is 6.35. The van der Waals surface area contributed by atoms with Gasteiger partial charge in [-0.2, -0.15) is 4.98 Å². The molecular formula is C12H21N3O3. The van der Waals surface area contributed by atoms with Gasteiger partial charge in [0.05, 0.1) is 6.61 Å². The molecule has 0 aromatic carbocycles. The maximum atomic E-state index is 11.2. The van der Waals surface area contributed by atoms with Gasteiger partial charge in [-0.25, -0.2) is 0 Å². The highest BCUT2D eigenvalue weighted by molar-refractivity contribution is 5.71. The van der Waals surface area contributed by atoms with E-state index < -0.39 is 0 Å². The van der Waals surface area contributed by atoms with Gasteiger partial charge in [-0.05, 0) is 20.0 Å². The molecule has 0 N–H and O–H groups in total. The van der Waals surface area contributed by atoms with Crippen molar-refractivity contribution in [2.45, 2.75) is 33.6 Å². The van der Waals surface area contributed by atoms with Gasteiger partial charge >= 0.3 is 5.97 Å². The molecule has 1 rings (SSSR count). The lowest BCUT2D eigenvalue weighted by atomic mass is 10.3. The fourth-order valence-electron chi connectivity index (χ4n) is 1.60. The molecule has 0 atom stereocenters. The van der Waals surface area contributed by atoms with Crippen LogP contribution in [0.3, 0.4) is 0 Å². The molecule has 0 saturated carbocycles. The molecule has 6 heteroatoms. The largest absolute Gasteiger partial charge is 0.466 e. The number of ether oxygens (including phenoxy) is 1. The van der Waals surface area contributed by atoms with E-state index in [0.717, 1.165) is 26.1 Å². The van der Waals surface area contributed by atoms with Crippen molar-refractivity contribution in [3.05, 3.63) is 11.7 Å². The summed E-state index contributed by atoms with van der Waals surface area (Å²) in [5.41, 5.74) is 0. The number of rotatable bonds is 8. The number of hydrogen-bond acceptors (Lipinski definition) is 6. The molecule has 1 aromatic rings.